The average molecular weight is 369 g/mol. The summed E-state index contributed by atoms with van der Waals surface area (Å²) < 4.78 is 12.9. The van der Waals surface area contributed by atoms with Crippen molar-refractivity contribution >= 4 is 17.8 Å². The Morgan fingerprint density at radius 3 is 2.81 bits per heavy atom. The van der Waals surface area contributed by atoms with Crippen molar-refractivity contribution in [3.05, 3.63) is 70.0 Å². The lowest BCUT2D eigenvalue weighted by molar-refractivity contribution is -0.384. The van der Waals surface area contributed by atoms with Gasteiger partial charge >= 0.3 is 0 Å². The van der Waals surface area contributed by atoms with Crippen LogP contribution in [0.25, 0.3) is 11.4 Å². The van der Waals surface area contributed by atoms with Crippen molar-refractivity contribution in [2.45, 2.75) is 6.54 Å². The van der Waals surface area contributed by atoms with Gasteiger partial charge in [-0.1, -0.05) is 12.1 Å². The Hall–Kier alpha value is -4.02. The maximum atomic E-state index is 12.9. The normalized spacial score (nSPS) is 10.9. The van der Waals surface area contributed by atoms with Gasteiger partial charge in [-0.05, 0) is 29.5 Å². The van der Waals surface area contributed by atoms with E-state index in [9.17, 15) is 19.3 Å². The number of nitro groups is 1. The topological polar surface area (TPSA) is 128 Å². The third kappa shape index (κ3) is 4.75. The zero-order chi connectivity index (χ0) is 19.2. The monoisotopic (exact) mass is 369 g/mol. The number of aromatic nitrogens is 4. The SMILES string of the molecule is O=C(Cn1nnc(-c2ccc(F)cc2)n1)N/N=C\c1cccc([N+](=O)[O-])c1. The molecule has 0 aliphatic heterocycles. The highest BCUT2D eigenvalue weighted by Crippen LogP contribution is 2.13. The van der Waals surface area contributed by atoms with E-state index in [1.165, 1.54) is 48.7 Å². The summed E-state index contributed by atoms with van der Waals surface area (Å²) in [6.07, 6.45) is 1.28. The summed E-state index contributed by atoms with van der Waals surface area (Å²) in [4.78, 5) is 23.1. The van der Waals surface area contributed by atoms with Crippen molar-refractivity contribution in [3.8, 4) is 11.4 Å². The molecule has 27 heavy (non-hydrogen) atoms. The Kier molecular flexibility index (Phi) is 5.21. The van der Waals surface area contributed by atoms with Gasteiger partial charge in [0, 0.05) is 23.3 Å². The molecule has 136 valence electrons. The van der Waals surface area contributed by atoms with E-state index in [0.717, 1.165) is 4.80 Å². The fourth-order valence-electron chi connectivity index (χ4n) is 2.09. The molecule has 1 heterocycles. The van der Waals surface area contributed by atoms with Crippen LogP contribution in [0.15, 0.2) is 53.6 Å². The van der Waals surface area contributed by atoms with Crippen LogP contribution in [0.5, 0.6) is 0 Å². The summed E-state index contributed by atoms with van der Waals surface area (Å²) in [5.74, 6) is -0.644. The molecule has 0 unspecified atom stereocenters. The third-order valence-corrected chi connectivity index (χ3v) is 3.32. The van der Waals surface area contributed by atoms with Crippen LogP contribution in [0.2, 0.25) is 0 Å². The van der Waals surface area contributed by atoms with E-state index in [-0.39, 0.29) is 23.9 Å². The van der Waals surface area contributed by atoms with E-state index in [1.807, 2.05) is 0 Å². The number of hydrazone groups is 1. The van der Waals surface area contributed by atoms with E-state index in [0.29, 0.717) is 11.1 Å². The first-order valence-corrected chi connectivity index (χ1v) is 7.61. The highest BCUT2D eigenvalue weighted by Gasteiger charge is 2.09. The van der Waals surface area contributed by atoms with Crippen molar-refractivity contribution in [3.63, 3.8) is 0 Å². The molecule has 0 fully saturated rings. The number of hydrogen-bond donors (Lipinski definition) is 1. The van der Waals surface area contributed by atoms with E-state index >= 15 is 0 Å². The number of benzene rings is 2. The second kappa shape index (κ2) is 7.91. The average Bonchev–Trinajstić information content (AvgIpc) is 3.11. The molecule has 1 amide bonds. The predicted octanol–water partition coefficient (Wildman–Crippen LogP) is 1.54. The minimum Gasteiger partial charge on any atom is -0.271 e. The molecule has 0 aliphatic rings. The molecule has 2 aromatic carbocycles. The molecule has 10 nitrogen and oxygen atoms in total. The van der Waals surface area contributed by atoms with Crippen LogP contribution in [-0.2, 0) is 11.3 Å². The largest absolute Gasteiger partial charge is 0.271 e. The van der Waals surface area contributed by atoms with Crippen molar-refractivity contribution in [1.82, 2.24) is 25.6 Å². The van der Waals surface area contributed by atoms with Gasteiger partial charge in [-0.25, -0.2) is 9.82 Å². The van der Waals surface area contributed by atoms with Crippen LogP contribution >= 0.6 is 0 Å². The molecule has 0 radical (unpaired) electrons. The number of tetrazole rings is 1. The number of nitrogens with one attached hydrogen (secondary N) is 1. The first-order chi connectivity index (χ1) is 13.0. The Morgan fingerprint density at radius 2 is 2.07 bits per heavy atom. The number of non-ortho nitro benzene ring substituents is 1. The van der Waals surface area contributed by atoms with Crippen LogP contribution in [0, 0.1) is 15.9 Å². The summed E-state index contributed by atoms with van der Waals surface area (Å²) >= 11 is 0. The summed E-state index contributed by atoms with van der Waals surface area (Å²) in [7, 11) is 0. The fraction of sp³-hybridized carbons (Fsp3) is 0.0625. The lowest BCUT2D eigenvalue weighted by atomic mass is 10.2. The van der Waals surface area contributed by atoms with Crippen molar-refractivity contribution in [2.75, 3.05) is 0 Å². The predicted molar refractivity (Wildman–Crippen MR) is 92.0 cm³/mol. The third-order valence-electron chi connectivity index (χ3n) is 3.32. The Morgan fingerprint density at radius 1 is 1.30 bits per heavy atom. The molecule has 3 rings (SSSR count). The van der Waals surface area contributed by atoms with Gasteiger partial charge in [-0.2, -0.15) is 9.90 Å². The van der Waals surface area contributed by atoms with E-state index in [2.05, 4.69) is 25.9 Å². The first-order valence-electron chi connectivity index (χ1n) is 7.61. The van der Waals surface area contributed by atoms with Crippen LogP contribution in [-0.4, -0.2) is 37.3 Å². The van der Waals surface area contributed by atoms with Gasteiger partial charge in [0.15, 0.2) is 0 Å². The van der Waals surface area contributed by atoms with E-state index in [4.69, 9.17) is 0 Å². The second-order valence-corrected chi connectivity index (χ2v) is 5.30. The smallest absolute Gasteiger partial charge is 0.270 e. The van der Waals surface area contributed by atoms with Gasteiger partial charge in [0.1, 0.15) is 12.4 Å². The molecule has 0 atom stereocenters. The van der Waals surface area contributed by atoms with Gasteiger partial charge in [0.05, 0.1) is 11.1 Å². The maximum Gasteiger partial charge on any atom is 0.270 e. The standard InChI is InChI=1S/C16H12FN7O3/c17-13-6-4-12(5-7-13)16-20-22-23(21-16)10-15(25)19-18-9-11-2-1-3-14(8-11)24(26)27/h1-9H,10H2,(H,19,25)/b18-9-. The number of halogens is 1. The zero-order valence-electron chi connectivity index (χ0n) is 13.7. The fourth-order valence-corrected chi connectivity index (χ4v) is 2.09. The van der Waals surface area contributed by atoms with Gasteiger partial charge in [0.2, 0.25) is 5.82 Å². The molecule has 0 aliphatic carbocycles. The molecular weight excluding hydrogens is 357 g/mol. The zero-order valence-corrected chi connectivity index (χ0v) is 13.7. The molecule has 0 saturated heterocycles. The molecule has 11 heteroatoms. The van der Waals surface area contributed by atoms with Crippen LogP contribution in [0.1, 0.15) is 5.56 Å². The number of rotatable bonds is 6. The second-order valence-electron chi connectivity index (χ2n) is 5.30. The lowest BCUT2D eigenvalue weighted by Crippen LogP contribution is -2.24. The van der Waals surface area contributed by atoms with Gasteiger partial charge < -0.3 is 0 Å². The number of carbonyl (C=O) groups is 1. The summed E-state index contributed by atoms with van der Waals surface area (Å²) in [6.45, 7) is -0.236. The molecule has 1 aromatic heterocycles. The van der Waals surface area contributed by atoms with Gasteiger partial charge in [0.25, 0.3) is 11.6 Å². The Labute approximate surface area is 151 Å². The van der Waals surface area contributed by atoms with E-state index < -0.39 is 10.8 Å². The van der Waals surface area contributed by atoms with Crippen molar-refractivity contribution in [1.29, 1.82) is 0 Å². The number of amides is 1. The number of carbonyl (C=O) groups excluding carboxylic acids is 1. The molecule has 0 saturated carbocycles. The van der Waals surface area contributed by atoms with Crippen LogP contribution < -0.4 is 5.43 Å². The summed E-state index contributed by atoms with van der Waals surface area (Å²) in [5, 5.41) is 26.0. The molecule has 1 N–H and O–H groups in total. The van der Waals surface area contributed by atoms with Gasteiger partial charge in [-0.3, -0.25) is 14.9 Å². The molecular formula is C16H12FN7O3. The number of hydrogen-bond acceptors (Lipinski definition) is 7. The highest BCUT2D eigenvalue weighted by atomic mass is 19.1. The Balaban J connectivity index is 1.57. The summed E-state index contributed by atoms with van der Waals surface area (Å²) in [5.41, 5.74) is 3.21. The summed E-state index contributed by atoms with van der Waals surface area (Å²) in [6, 6.07) is 11.3. The quantitative estimate of drug-likeness (QED) is 0.399. The minimum atomic E-state index is -0.523. The maximum absolute atomic E-state index is 12.9. The molecule has 0 spiro atoms. The van der Waals surface area contributed by atoms with Crippen molar-refractivity contribution < 1.29 is 14.1 Å². The number of nitrogens with zero attached hydrogens (tertiary/aromatic N) is 6. The minimum absolute atomic E-state index is 0.0783. The lowest BCUT2D eigenvalue weighted by Gasteiger charge is -1.98. The molecule has 0 bridgehead atoms. The van der Waals surface area contributed by atoms with Crippen molar-refractivity contribution in [2.24, 2.45) is 5.10 Å². The van der Waals surface area contributed by atoms with Crippen LogP contribution in [0.3, 0.4) is 0 Å². The van der Waals surface area contributed by atoms with E-state index in [1.54, 1.807) is 6.07 Å². The first kappa shape index (κ1) is 17.8. The highest BCUT2D eigenvalue weighted by molar-refractivity contribution is 5.83. The molecule has 3 aromatic rings. The number of nitro benzene ring substituents is 1. The van der Waals surface area contributed by atoms with Gasteiger partial charge in [-0.15, -0.1) is 10.2 Å². The van der Waals surface area contributed by atoms with Crippen LogP contribution in [0.4, 0.5) is 10.1 Å². The Bertz CT molecular complexity index is 1000.